The molecule has 2 aliphatic rings. The van der Waals surface area contributed by atoms with Gasteiger partial charge in [-0.1, -0.05) is 32.1 Å². The van der Waals surface area contributed by atoms with Gasteiger partial charge in [0.05, 0.1) is 16.6 Å². The second kappa shape index (κ2) is 7.53. The molecule has 0 unspecified atom stereocenters. The van der Waals surface area contributed by atoms with Crippen LogP contribution in [0, 0.1) is 11.6 Å². The Morgan fingerprint density at radius 3 is 2.32 bits per heavy atom. The van der Waals surface area contributed by atoms with Gasteiger partial charge in [0.1, 0.15) is 5.56 Å². The van der Waals surface area contributed by atoms with E-state index in [0.29, 0.717) is 0 Å². The van der Waals surface area contributed by atoms with Crippen molar-refractivity contribution in [3.63, 3.8) is 0 Å². The summed E-state index contributed by atoms with van der Waals surface area (Å²) in [6.07, 6.45) is 9.93. The van der Waals surface area contributed by atoms with Crippen LogP contribution in [0.2, 0.25) is 0 Å². The number of hydrogen-bond acceptors (Lipinski definition) is 3. The van der Waals surface area contributed by atoms with Crippen LogP contribution in [0.5, 0.6) is 0 Å². The van der Waals surface area contributed by atoms with E-state index >= 15 is 0 Å². The Hall–Kier alpha value is -2.44. The van der Waals surface area contributed by atoms with Crippen molar-refractivity contribution in [2.75, 3.05) is 5.32 Å². The third kappa shape index (κ3) is 3.27. The average molecular weight is 390 g/mol. The zero-order valence-corrected chi connectivity index (χ0v) is 15.6. The number of anilines is 1. The lowest BCUT2D eigenvalue weighted by Crippen LogP contribution is -2.25. The molecule has 0 amide bonds. The van der Waals surface area contributed by atoms with E-state index in [0.717, 1.165) is 57.8 Å². The van der Waals surface area contributed by atoms with Gasteiger partial charge in [0.25, 0.3) is 0 Å². The van der Waals surface area contributed by atoms with Gasteiger partial charge in [0, 0.05) is 18.3 Å². The molecule has 5 nitrogen and oxygen atoms in total. The molecule has 2 aromatic rings. The zero-order valence-electron chi connectivity index (χ0n) is 15.6. The first-order chi connectivity index (χ1) is 13.5. The molecule has 2 fully saturated rings. The van der Waals surface area contributed by atoms with Crippen molar-refractivity contribution in [1.29, 1.82) is 0 Å². The lowest BCUT2D eigenvalue weighted by atomic mass is 9.95. The number of carboxylic acid groups (broad SMARTS) is 1. The number of aromatic nitrogens is 1. The van der Waals surface area contributed by atoms with E-state index in [4.69, 9.17) is 0 Å². The Labute approximate surface area is 161 Å². The van der Waals surface area contributed by atoms with Gasteiger partial charge < -0.3 is 15.0 Å². The number of fused-ring (bicyclic) bond motifs is 1. The van der Waals surface area contributed by atoms with E-state index in [1.165, 1.54) is 12.3 Å². The normalized spacial score (nSPS) is 18.6. The van der Waals surface area contributed by atoms with Crippen LogP contribution in [0.15, 0.2) is 17.1 Å². The molecule has 0 aliphatic heterocycles. The van der Waals surface area contributed by atoms with E-state index in [9.17, 15) is 23.5 Å². The maximum atomic E-state index is 15.0. The molecule has 0 atom stereocenters. The summed E-state index contributed by atoms with van der Waals surface area (Å²) < 4.78 is 31.4. The fourth-order valence-corrected chi connectivity index (χ4v) is 4.64. The minimum absolute atomic E-state index is 0.0198. The van der Waals surface area contributed by atoms with Crippen LogP contribution in [0.25, 0.3) is 10.9 Å². The molecule has 1 aromatic heterocycles. The highest BCUT2D eigenvalue weighted by molar-refractivity contribution is 5.93. The highest BCUT2D eigenvalue weighted by Gasteiger charge is 2.27. The van der Waals surface area contributed by atoms with Gasteiger partial charge in [-0.05, 0) is 31.7 Å². The molecule has 1 aromatic carbocycles. The first-order valence-corrected chi connectivity index (χ1v) is 10.0. The molecule has 0 spiro atoms. The Balaban J connectivity index is 1.91. The maximum Gasteiger partial charge on any atom is 0.341 e. The van der Waals surface area contributed by atoms with E-state index in [2.05, 4.69) is 5.32 Å². The van der Waals surface area contributed by atoms with Gasteiger partial charge >= 0.3 is 5.97 Å². The molecule has 0 saturated heterocycles. The number of pyridine rings is 1. The van der Waals surface area contributed by atoms with Crippen LogP contribution in [0.3, 0.4) is 0 Å². The molecule has 0 bridgehead atoms. The van der Waals surface area contributed by atoms with Crippen molar-refractivity contribution in [2.45, 2.75) is 69.9 Å². The second-order valence-corrected chi connectivity index (χ2v) is 7.95. The van der Waals surface area contributed by atoms with Gasteiger partial charge in [-0.2, -0.15) is 0 Å². The van der Waals surface area contributed by atoms with Crippen LogP contribution < -0.4 is 10.7 Å². The molecule has 150 valence electrons. The zero-order chi connectivity index (χ0) is 19.8. The molecule has 28 heavy (non-hydrogen) atoms. The molecular formula is C21H24F2N2O3. The van der Waals surface area contributed by atoms with Gasteiger partial charge in [-0.25, -0.2) is 13.6 Å². The van der Waals surface area contributed by atoms with Crippen molar-refractivity contribution in [2.24, 2.45) is 0 Å². The first-order valence-electron chi connectivity index (χ1n) is 10.0. The number of hydrogen-bond donors (Lipinski definition) is 2. The minimum atomic E-state index is -1.43. The van der Waals surface area contributed by atoms with Crippen LogP contribution in [0.1, 0.15) is 74.2 Å². The van der Waals surface area contributed by atoms with Crippen LogP contribution >= 0.6 is 0 Å². The number of halogens is 2. The average Bonchev–Trinajstić information content (AvgIpc) is 3.21. The summed E-state index contributed by atoms with van der Waals surface area (Å²) in [6.45, 7) is 0. The Morgan fingerprint density at radius 1 is 1.04 bits per heavy atom. The molecule has 2 N–H and O–H groups in total. The van der Waals surface area contributed by atoms with E-state index in [-0.39, 0.29) is 23.3 Å². The second-order valence-electron chi connectivity index (χ2n) is 7.95. The molecule has 7 heteroatoms. The number of rotatable bonds is 4. The SMILES string of the molecule is O=C(O)c1cn(C2CCCC2)c2cc(NC3CCCCC3)c(F)c(F)c2c1=O. The van der Waals surface area contributed by atoms with Crippen LogP contribution in [-0.2, 0) is 0 Å². The summed E-state index contributed by atoms with van der Waals surface area (Å²) in [6, 6.07) is 1.53. The number of benzene rings is 1. The monoisotopic (exact) mass is 390 g/mol. The summed E-state index contributed by atoms with van der Waals surface area (Å²) in [7, 11) is 0. The Morgan fingerprint density at radius 2 is 1.68 bits per heavy atom. The van der Waals surface area contributed by atoms with Crippen molar-refractivity contribution in [1.82, 2.24) is 4.57 Å². The number of nitrogens with zero attached hydrogens (tertiary/aromatic N) is 1. The standard InChI is InChI=1S/C21H24F2N2O3/c22-18-15(24-12-6-2-1-3-7-12)10-16-17(19(18)23)20(26)14(21(27)28)11-25(16)13-8-4-5-9-13/h10-13,24H,1-9H2,(H,27,28). The van der Waals surface area contributed by atoms with E-state index in [1.807, 2.05) is 0 Å². The summed E-state index contributed by atoms with van der Waals surface area (Å²) in [5, 5.41) is 12.0. The third-order valence-corrected chi connectivity index (χ3v) is 6.12. The van der Waals surface area contributed by atoms with Gasteiger partial charge in [0.15, 0.2) is 11.6 Å². The summed E-state index contributed by atoms with van der Waals surface area (Å²) in [4.78, 5) is 24.1. The van der Waals surface area contributed by atoms with Crippen molar-refractivity contribution in [3.05, 3.63) is 39.7 Å². The number of carboxylic acids is 1. The highest BCUT2D eigenvalue weighted by Crippen LogP contribution is 2.35. The minimum Gasteiger partial charge on any atom is -0.477 e. The maximum absolute atomic E-state index is 15.0. The van der Waals surface area contributed by atoms with Crippen molar-refractivity contribution in [3.8, 4) is 0 Å². The largest absolute Gasteiger partial charge is 0.477 e. The molecule has 2 aliphatic carbocycles. The Kier molecular flexibility index (Phi) is 5.08. The quantitative estimate of drug-likeness (QED) is 0.784. The van der Waals surface area contributed by atoms with Gasteiger partial charge in [-0.3, -0.25) is 4.79 Å². The highest BCUT2D eigenvalue weighted by atomic mass is 19.2. The lowest BCUT2D eigenvalue weighted by molar-refractivity contribution is 0.0694. The van der Waals surface area contributed by atoms with E-state index in [1.54, 1.807) is 4.57 Å². The number of nitrogens with one attached hydrogen (secondary N) is 1. The smallest absolute Gasteiger partial charge is 0.341 e. The van der Waals surface area contributed by atoms with Crippen molar-refractivity contribution >= 4 is 22.6 Å². The summed E-state index contributed by atoms with van der Waals surface area (Å²) >= 11 is 0. The summed E-state index contributed by atoms with van der Waals surface area (Å²) in [5.74, 6) is -3.81. The molecule has 4 rings (SSSR count). The third-order valence-electron chi connectivity index (χ3n) is 6.12. The Bertz CT molecular complexity index is 974. The van der Waals surface area contributed by atoms with Crippen LogP contribution in [-0.4, -0.2) is 21.7 Å². The predicted octanol–water partition coefficient (Wildman–Crippen LogP) is 4.84. The molecule has 0 radical (unpaired) electrons. The van der Waals surface area contributed by atoms with Gasteiger partial charge in [-0.15, -0.1) is 0 Å². The lowest BCUT2D eigenvalue weighted by Gasteiger charge is -2.25. The van der Waals surface area contributed by atoms with Crippen molar-refractivity contribution < 1.29 is 18.7 Å². The predicted molar refractivity (Wildman–Crippen MR) is 103 cm³/mol. The fraction of sp³-hybridized carbons (Fsp3) is 0.524. The van der Waals surface area contributed by atoms with Gasteiger partial charge in [0.2, 0.25) is 5.43 Å². The fourth-order valence-electron chi connectivity index (χ4n) is 4.64. The topological polar surface area (TPSA) is 71.3 Å². The molecule has 1 heterocycles. The van der Waals surface area contributed by atoms with Crippen LogP contribution in [0.4, 0.5) is 14.5 Å². The number of aromatic carboxylic acids is 1. The van der Waals surface area contributed by atoms with E-state index < -0.39 is 34.0 Å². The molecular weight excluding hydrogens is 366 g/mol. The number of carbonyl (C=O) groups is 1. The molecule has 2 saturated carbocycles. The first kappa shape index (κ1) is 18.9. The summed E-state index contributed by atoms with van der Waals surface area (Å²) in [5.41, 5.74) is -1.19.